The SMILES string of the molecule is Cc1ccc(C(=O)NN=Cc2ccc(OCc3ccccc3)cc2)o1. The lowest BCUT2D eigenvalue weighted by Crippen LogP contribution is -2.16. The molecule has 1 amide bonds. The highest BCUT2D eigenvalue weighted by atomic mass is 16.5. The molecule has 5 heteroatoms. The fraction of sp³-hybridized carbons (Fsp3) is 0.100. The largest absolute Gasteiger partial charge is 0.489 e. The molecule has 0 aliphatic heterocycles. The Morgan fingerprint density at radius 3 is 2.52 bits per heavy atom. The molecule has 25 heavy (non-hydrogen) atoms. The summed E-state index contributed by atoms with van der Waals surface area (Å²) in [6, 6.07) is 20.8. The maximum Gasteiger partial charge on any atom is 0.307 e. The molecule has 0 aliphatic carbocycles. The molecule has 0 fully saturated rings. The standard InChI is InChI=1S/C20H18N2O3/c1-15-7-12-19(25-15)20(23)22-21-13-16-8-10-18(11-9-16)24-14-17-5-3-2-4-6-17/h2-13H,14H2,1H3,(H,22,23). The molecule has 0 saturated carbocycles. The molecule has 0 radical (unpaired) electrons. The van der Waals surface area contributed by atoms with Crippen LogP contribution in [0.25, 0.3) is 0 Å². The first-order valence-corrected chi connectivity index (χ1v) is 7.87. The van der Waals surface area contributed by atoms with Crippen LogP contribution in [0.1, 0.15) is 27.4 Å². The second-order valence-electron chi connectivity index (χ2n) is 5.45. The number of hydrogen-bond donors (Lipinski definition) is 1. The van der Waals surface area contributed by atoms with Gasteiger partial charge in [-0.25, -0.2) is 5.43 Å². The van der Waals surface area contributed by atoms with E-state index in [1.807, 2.05) is 54.6 Å². The fourth-order valence-electron chi connectivity index (χ4n) is 2.17. The van der Waals surface area contributed by atoms with Crippen LogP contribution in [0.3, 0.4) is 0 Å². The zero-order valence-electron chi connectivity index (χ0n) is 13.8. The van der Waals surface area contributed by atoms with Crippen LogP contribution < -0.4 is 10.2 Å². The molecule has 3 rings (SSSR count). The normalized spacial score (nSPS) is 10.8. The maximum atomic E-state index is 11.8. The Kier molecular flexibility index (Phi) is 5.26. The number of carbonyl (C=O) groups excluding carboxylic acids is 1. The first kappa shape index (κ1) is 16.5. The average Bonchev–Trinajstić information content (AvgIpc) is 3.08. The number of benzene rings is 2. The van der Waals surface area contributed by atoms with Gasteiger partial charge in [0.05, 0.1) is 6.21 Å². The average molecular weight is 334 g/mol. The number of hydrazone groups is 1. The summed E-state index contributed by atoms with van der Waals surface area (Å²) in [5, 5.41) is 3.93. The molecule has 3 aromatic rings. The van der Waals surface area contributed by atoms with Crippen molar-refractivity contribution in [2.75, 3.05) is 0 Å². The van der Waals surface area contributed by atoms with Gasteiger partial charge in [0.2, 0.25) is 0 Å². The summed E-state index contributed by atoms with van der Waals surface area (Å²) in [4.78, 5) is 11.8. The van der Waals surface area contributed by atoms with Crippen molar-refractivity contribution in [1.29, 1.82) is 0 Å². The summed E-state index contributed by atoms with van der Waals surface area (Å²) in [5.41, 5.74) is 4.39. The number of ether oxygens (including phenoxy) is 1. The number of furan rings is 1. The van der Waals surface area contributed by atoms with Crippen LogP contribution in [-0.4, -0.2) is 12.1 Å². The van der Waals surface area contributed by atoms with Gasteiger partial charge in [0.1, 0.15) is 18.1 Å². The van der Waals surface area contributed by atoms with Gasteiger partial charge in [0, 0.05) is 0 Å². The maximum absolute atomic E-state index is 11.8. The minimum atomic E-state index is -0.382. The molecular formula is C20H18N2O3. The minimum Gasteiger partial charge on any atom is -0.489 e. The van der Waals surface area contributed by atoms with E-state index < -0.39 is 0 Å². The third-order valence-corrected chi connectivity index (χ3v) is 3.47. The van der Waals surface area contributed by atoms with Crippen LogP contribution in [0.15, 0.2) is 76.2 Å². The molecule has 0 saturated heterocycles. The highest BCUT2D eigenvalue weighted by molar-refractivity contribution is 5.92. The number of amides is 1. The fourth-order valence-corrected chi connectivity index (χ4v) is 2.17. The summed E-state index contributed by atoms with van der Waals surface area (Å²) in [6.45, 7) is 2.30. The summed E-state index contributed by atoms with van der Waals surface area (Å²) in [7, 11) is 0. The van der Waals surface area contributed by atoms with Crippen LogP contribution in [0, 0.1) is 6.92 Å². The Labute approximate surface area is 145 Å². The van der Waals surface area contributed by atoms with Crippen molar-refractivity contribution in [3.63, 3.8) is 0 Å². The smallest absolute Gasteiger partial charge is 0.307 e. The van der Waals surface area contributed by atoms with Crippen LogP contribution in [-0.2, 0) is 6.61 Å². The minimum absolute atomic E-state index is 0.235. The first-order valence-electron chi connectivity index (χ1n) is 7.87. The van der Waals surface area contributed by atoms with Crippen molar-refractivity contribution < 1.29 is 13.9 Å². The number of hydrogen-bond acceptors (Lipinski definition) is 4. The third kappa shape index (κ3) is 4.81. The molecule has 1 N–H and O–H groups in total. The Morgan fingerprint density at radius 2 is 1.84 bits per heavy atom. The van der Waals surface area contributed by atoms with Crippen LogP contribution >= 0.6 is 0 Å². The van der Waals surface area contributed by atoms with Crippen LogP contribution in [0.4, 0.5) is 0 Å². The number of aryl methyl sites for hydroxylation is 1. The third-order valence-electron chi connectivity index (χ3n) is 3.47. The topological polar surface area (TPSA) is 63.8 Å². The highest BCUT2D eigenvalue weighted by Crippen LogP contribution is 2.13. The van der Waals surface area contributed by atoms with Gasteiger partial charge in [-0.2, -0.15) is 5.10 Å². The second kappa shape index (κ2) is 7.97. The quantitative estimate of drug-likeness (QED) is 0.549. The van der Waals surface area contributed by atoms with Crippen molar-refractivity contribution in [1.82, 2.24) is 5.43 Å². The molecule has 0 unspecified atom stereocenters. The van der Waals surface area contributed by atoms with Gasteiger partial charge in [0.25, 0.3) is 0 Å². The molecule has 2 aromatic carbocycles. The zero-order chi connectivity index (χ0) is 17.5. The van der Waals surface area contributed by atoms with Gasteiger partial charge in [-0.1, -0.05) is 30.3 Å². The predicted octanol–water partition coefficient (Wildman–Crippen LogP) is 3.93. The van der Waals surface area contributed by atoms with Gasteiger partial charge in [-0.05, 0) is 54.4 Å². The number of nitrogens with zero attached hydrogens (tertiary/aromatic N) is 1. The monoisotopic (exact) mass is 334 g/mol. The molecule has 0 spiro atoms. The summed E-state index contributed by atoms with van der Waals surface area (Å²) < 4.78 is 10.9. The van der Waals surface area contributed by atoms with Gasteiger partial charge < -0.3 is 9.15 Å². The van der Waals surface area contributed by atoms with Crippen molar-refractivity contribution >= 4 is 12.1 Å². The molecule has 0 bridgehead atoms. The van der Waals surface area contributed by atoms with E-state index in [0.717, 1.165) is 16.9 Å². The molecule has 5 nitrogen and oxygen atoms in total. The summed E-state index contributed by atoms with van der Waals surface area (Å²) >= 11 is 0. The highest BCUT2D eigenvalue weighted by Gasteiger charge is 2.07. The first-order chi connectivity index (χ1) is 12.2. The van der Waals surface area contributed by atoms with Crippen molar-refractivity contribution in [2.24, 2.45) is 5.10 Å². The second-order valence-corrected chi connectivity index (χ2v) is 5.45. The van der Waals surface area contributed by atoms with E-state index in [-0.39, 0.29) is 11.7 Å². The van der Waals surface area contributed by atoms with E-state index in [9.17, 15) is 4.79 Å². The Hall–Kier alpha value is -3.34. The van der Waals surface area contributed by atoms with Crippen molar-refractivity contribution in [2.45, 2.75) is 13.5 Å². The summed E-state index contributed by atoms with van der Waals surface area (Å²) in [5.74, 6) is 1.31. The van der Waals surface area contributed by atoms with E-state index in [1.54, 1.807) is 25.3 Å². The molecule has 0 aliphatic rings. The Balaban J connectivity index is 1.51. The lowest BCUT2D eigenvalue weighted by atomic mass is 10.2. The molecule has 126 valence electrons. The summed E-state index contributed by atoms with van der Waals surface area (Å²) in [6.07, 6.45) is 1.56. The van der Waals surface area contributed by atoms with Gasteiger partial charge in [-0.3, -0.25) is 4.79 Å². The number of nitrogens with one attached hydrogen (secondary N) is 1. The Bertz CT molecular complexity index is 852. The Morgan fingerprint density at radius 1 is 1.08 bits per heavy atom. The number of carbonyl (C=O) groups is 1. The van der Waals surface area contributed by atoms with E-state index >= 15 is 0 Å². The lowest BCUT2D eigenvalue weighted by Gasteiger charge is -2.06. The predicted molar refractivity (Wildman–Crippen MR) is 95.7 cm³/mol. The van der Waals surface area contributed by atoms with Crippen molar-refractivity contribution in [3.8, 4) is 5.75 Å². The van der Waals surface area contributed by atoms with Gasteiger partial charge in [0.15, 0.2) is 5.76 Å². The van der Waals surface area contributed by atoms with Gasteiger partial charge >= 0.3 is 5.91 Å². The van der Waals surface area contributed by atoms with E-state index in [4.69, 9.17) is 9.15 Å². The van der Waals surface area contributed by atoms with E-state index in [0.29, 0.717) is 12.4 Å². The molecular weight excluding hydrogens is 316 g/mol. The molecule has 0 atom stereocenters. The van der Waals surface area contributed by atoms with Crippen LogP contribution in [0.2, 0.25) is 0 Å². The van der Waals surface area contributed by atoms with E-state index in [2.05, 4.69) is 10.5 Å². The van der Waals surface area contributed by atoms with Crippen LogP contribution in [0.5, 0.6) is 5.75 Å². The van der Waals surface area contributed by atoms with E-state index in [1.165, 1.54) is 0 Å². The van der Waals surface area contributed by atoms with Gasteiger partial charge in [-0.15, -0.1) is 0 Å². The number of rotatable bonds is 6. The zero-order valence-corrected chi connectivity index (χ0v) is 13.8. The molecule has 1 heterocycles. The lowest BCUT2D eigenvalue weighted by molar-refractivity contribution is 0.0926. The molecule has 1 aromatic heterocycles. The van der Waals surface area contributed by atoms with Crippen molar-refractivity contribution in [3.05, 3.63) is 89.4 Å².